The number of nitrogens with one attached hydrogen (secondary N) is 1. The highest BCUT2D eigenvalue weighted by atomic mass is 32.2. The molecule has 6 nitrogen and oxygen atoms in total. The second-order valence-electron chi connectivity index (χ2n) is 6.69. The minimum absolute atomic E-state index is 0.0326. The first kappa shape index (κ1) is 17.9. The second-order valence-corrected chi connectivity index (χ2v) is 8.62. The summed E-state index contributed by atoms with van der Waals surface area (Å²) in [6.07, 6.45) is 1.18. The summed E-state index contributed by atoms with van der Waals surface area (Å²) in [4.78, 5) is 12.2. The molecule has 1 amide bonds. The molecule has 0 unspecified atom stereocenters. The molecule has 7 heteroatoms. The number of amides is 1. The number of piperidine rings is 1. The van der Waals surface area contributed by atoms with Gasteiger partial charge in [0.15, 0.2) is 0 Å². The van der Waals surface area contributed by atoms with Gasteiger partial charge >= 0.3 is 0 Å². The molecule has 1 heterocycles. The fraction of sp³-hybridized carbons (Fsp3) is 0.562. The highest BCUT2D eigenvalue weighted by Gasteiger charge is 2.31. The average Bonchev–Trinajstić information content (AvgIpc) is 2.47. The molecule has 2 rings (SSSR count). The molecular weight excluding hydrogens is 314 g/mol. The van der Waals surface area contributed by atoms with Gasteiger partial charge < -0.3 is 11.1 Å². The molecule has 1 saturated heterocycles. The van der Waals surface area contributed by atoms with Gasteiger partial charge in [0, 0.05) is 19.1 Å². The molecule has 0 saturated carbocycles. The van der Waals surface area contributed by atoms with Crippen molar-refractivity contribution in [3.63, 3.8) is 0 Å². The Morgan fingerprint density at radius 3 is 2.22 bits per heavy atom. The third-order valence-electron chi connectivity index (χ3n) is 4.03. The van der Waals surface area contributed by atoms with Crippen LogP contribution in [0.15, 0.2) is 29.2 Å². The fourth-order valence-electron chi connectivity index (χ4n) is 2.47. The van der Waals surface area contributed by atoms with Gasteiger partial charge in [-0.2, -0.15) is 4.31 Å². The zero-order valence-electron chi connectivity index (χ0n) is 13.9. The van der Waals surface area contributed by atoms with E-state index in [0.717, 1.165) is 5.56 Å². The summed E-state index contributed by atoms with van der Waals surface area (Å²) in [7, 11) is -3.46. The second kappa shape index (κ2) is 6.59. The van der Waals surface area contributed by atoms with Crippen molar-refractivity contribution in [3.05, 3.63) is 29.8 Å². The van der Waals surface area contributed by atoms with Crippen LogP contribution in [0.5, 0.6) is 0 Å². The predicted octanol–water partition coefficient (Wildman–Crippen LogP) is 1.00. The number of aryl methyl sites for hydroxylation is 1. The molecule has 128 valence electrons. The lowest BCUT2D eigenvalue weighted by atomic mass is 10.0. The smallest absolute Gasteiger partial charge is 0.243 e. The van der Waals surface area contributed by atoms with Crippen LogP contribution < -0.4 is 11.1 Å². The van der Waals surface area contributed by atoms with Gasteiger partial charge in [-0.15, -0.1) is 0 Å². The van der Waals surface area contributed by atoms with Gasteiger partial charge in [-0.3, -0.25) is 4.79 Å². The average molecular weight is 339 g/mol. The molecule has 1 aliphatic rings. The van der Waals surface area contributed by atoms with Crippen molar-refractivity contribution < 1.29 is 13.2 Å². The third-order valence-corrected chi connectivity index (χ3v) is 5.95. The zero-order chi connectivity index (χ0) is 17.3. The summed E-state index contributed by atoms with van der Waals surface area (Å²) in [6, 6.07) is 6.83. The lowest BCUT2D eigenvalue weighted by Gasteiger charge is -2.33. The Labute approximate surface area is 138 Å². The normalized spacial score (nSPS) is 17.9. The van der Waals surface area contributed by atoms with Crippen molar-refractivity contribution in [2.45, 2.75) is 50.1 Å². The molecule has 0 spiro atoms. The molecule has 1 aliphatic heterocycles. The summed E-state index contributed by atoms with van der Waals surface area (Å²) >= 11 is 0. The van der Waals surface area contributed by atoms with E-state index in [-0.39, 0.29) is 11.9 Å². The molecule has 1 fully saturated rings. The molecule has 1 aromatic carbocycles. The van der Waals surface area contributed by atoms with Crippen molar-refractivity contribution in [1.82, 2.24) is 9.62 Å². The Balaban J connectivity index is 1.98. The standard InChI is InChI=1S/C16H25N3O3S/c1-12-4-6-14(7-5-12)23(21,22)19-10-8-13(9-11-19)18-15(20)16(2,3)17/h4-7,13H,8-11,17H2,1-3H3,(H,18,20). The predicted molar refractivity (Wildman–Crippen MR) is 89.4 cm³/mol. The molecule has 0 aromatic heterocycles. The zero-order valence-corrected chi connectivity index (χ0v) is 14.7. The number of carbonyl (C=O) groups is 1. The van der Waals surface area contributed by atoms with Crippen molar-refractivity contribution in [2.75, 3.05) is 13.1 Å². The highest BCUT2D eigenvalue weighted by Crippen LogP contribution is 2.21. The summed E-state index contributed by atoms with van der Waals surface area (Å²) in [6.45, 7) is 6.01. The van der Waals surface area contributed by atoms with Gasteiger partial charge in [-0.1, -0.05) is 17.7 Å². The number of hydrogen-bond acceptors (Lipinski definition) is 4. The van der Waals surface area contributed by atoms with Crippen LogP contribution >= 0.6 is 0 Å². The van der Waals surface area contributed by atoms with E-state index < -0.39 is 15.6 Å². The van der Waals surface area contributed by atoms with Gasteiger partial charge in [0.1, 0.15) is 0 Å². The first-order chi connectivity index (χ1) is 10.6. The fourth-order valence-corrected chi connectivity index (χ4v) is 3.94. The van der Waals surface area contributed by atoms with Gasteiger partial charge in [0.05, 0.1) is 10.4 Å². The van der Waals surface area contributed by atoms with Gasteiger partial charge in [-0.05, 0) is 45.7 Å². The minimum atomic E-state index is -3.46. The highest BCUT2D eigenvalue weighted by molar-refractivity contribution is 7.89. The van der Waals surface area contributed by atoms with Crippen LogP contribution in [0.25, 0.3) is 0 Å². The first-order valence-corrected chi connectivity index (χ1v) is 9.21. The maximum atomic E-state index is 12.6. The van der Waals surface area contributed by atoms with Crippen LogP contribution in [-0.2, 0) is 14.8 Å². The van der Waals surface area contributed by atoms with Crippen molar-refractivity contribution in [3.8, 4) is 0 Å². The van der Waals surface area contributed by atoms with Crippen LogP contribution in [0, 0.1) is 6.92 Å². The van der Waals surface area contributed by atoms with E-state index in [1.165, 1.54) is 4.31 Å². The van der Waals surface area contributed by atoms with Crippen molar-refractivity contribution >= 4 is 15.9 Å². The topological polar surface area (TPSA) is 92.5 Å². The number of benzene rings is 1. The molecular formula is C16H25N3O3S. The summed E-state index contributed by atoms with van der Waals surface area (Å²) in [5.74, 6) is -0.211. The number of nitrogens with two attached hydrogens (primary N) is 1. The third kappa shape index (κ3) is 4.31. The van der Waals surface area contributed by atoms with Crippen LogP contribution in [0.1, 0.15) is 32.3 Å². The number of hydrogen-bond donors (Lipinski definition) is 2. The van der Waals surface area contributed by atoms with Crippen LogP contribution in [0.2, 0.25) is 0 Å². The largest absolute Gasteiger partial charge is 0.352 e. The van der Waals surface area contributed by atoms with E-state index in [1.807, 2.05) is 6.92 Å². The van der Waals surface area contributed by atoms with E-state index in [9.17, 15) is 13.2 Å². The van der Waals surface area contributed by atoms with E-state index in [1.54, 1.807) is 38.1 Å². The number of carbonyl (C=O) groups excluding carboxylic acids is 1. The molecule has 1 aromatic rings. The number of rotatable bonds is 4. The van der Waals surface area contributed by atoms with Crippen molar-refractivity contribution in [2.24, 2.45) is 5.73 Å². The van der Waals surface area contributed by atoms with E-state index in [4.69, 9.17) is 5.73 Å². The molecule has 3 N–H and O–H groups in total. The molecule has 23 heavy (non-hydrogen) atoms. The molecule has 0 bridgehead atoms. The summed E-state index contributed by atoms with van der Waals surface area (Å²) in [5, 5.41) is 2.89. The monoisotopic (exact) mass is 339 g/mol. The Morgan fingerprint density at radius 1 is 1.22 bits per heavy atom. The minimum Gasteiger partial charge on any atom is -0.352 e. The molecule has 0 atom stereocenters. The van der Waals surface area contributed by atoms with Gasteiger partial charge in [-0.25, -0.2) is 8.42 Å². The molecule has 0 radical (unpaired) electrons. The Hall–Kier alpha value is -1.44. The summed E-state index contributed by atoms with van der Waals surface area (Å²) in [5.41, 5.74) is 5.86. The van der Waals surface area contributed by atoms with Crippen LogP contribution in [0.4, 0.5) is 0 Å². The Bertz CT molecular complexity index is 655. The van der Waals surface area contributed by atoms with E-state index >= 15 is 0 Å². The Kier molecular flexibility index (Phi) is 5.13. The van der Waals surface area contributed by atoms with Crippen molar-refractivity contribution in [1.29, 1.82) is 0 Å². The van der Waals surface area contributed by atoms with Crippen LogP contribution in [-0.4, -0.2) is 43.3 Å². The van der Waals surface area contributed by atoms with Gasteiger partial charge in [0.25, 0.3) is 0 Å². The SMILES string of the molecule is Cc1ccc(S(=O)(=O)N2CCC(NC(=O)C(C)(C)N)CC2)cc1. The molecule has 0 aliphatic carbocycles. The van der Waals surface area contributed by atoms with E-state index in [2.05, 4.69) is 5.32 Å². The number of nitrogens with zero attached hydrogens (tertiary/aromatic N) is 1. The lowest BCUT2D eigenvalue weighted by Crippen LogP contribution is -2.54. The quantitative estimate of drug-likeness (QED) is 0.856. The maximum absolute atomic E-state index is 12.6. The van der Waals surface area contributed by atoms with E-state index in [0.29, 0.717) is 30.8 Å². The lowest BCUT2D eigenvalue weighted by molar-refractivity contribution is -0.126. The van der Waals surface area contributed by atoms with Crippen LogP contribution in [0.3, 0.4) is 0 Å². The number of sulfonamides is 1. The van der Waals surface area contributed by atoms with Gasteiger partial charge in [0.2, 0.25) is 15.9 Å². The summed E-state index contributed by atoms with van der Waals surface area (Å²) < 4.78 is 26.7. The first-order valence-electron chi connectivity index (χ1n) is 7.77. The Morgan fingerprint density at radius 2 is 1.74 bits per heavy atom. The maximum Gasteiger partial charge on any atom is 0.243 e.